The lowest BCUT2D eigenvalue weighted by Crippen LogP contribution is -2.47. The molecule has 2 aromatic carbocycles. The predicted octanol–water partition coefficient (Wildman–Crippen LogP) is 2.49. The van der Waals surface area contributed by atoms with Gasteiger partial charge in [-0.25, -0.2) is 22.4 Å². The van der Waals surface area contributed by atoms with Gasteiger partial charge in [-0.15, -0.1) is 0 Å². The van der Waals surface area contributed by atoms with Gasteiger partial charge in [0.2, 0.25) is 0 Å². The number of hydrogen-bond acceptors (Lipinski definition) is 7. The third-order valence-corrected chi connectivity index (χ3v) is 6.57. The SMILES string of the molecule is CCOC(=O)C1=C(CS(=O)(=O)c2ccc(F)cc2)NC(=O)NC1c1ccc(OC)cc1OC. The molecular weight excluding hydrogens is 455 g/mol. The van der Waals surface area contributed by atoms with Crippen molar-refractivity contribution in [1.82, 2.24) is 10.6 Å². The fourth-order valence-electron chi connectivity index (χ4n) is 3.39. The summed E-state index contributed by atoms with van der Waals surface area (Å²) in [7, 11) is -1.15. The van der Waals surface area contributed by atoms with E-state index in [1.165, 1.54) is 14.2 Å². The monoisotopic (exact) mass is 478 g/mol. The van der Waals surface area contributed by atoms with Crippen LogP contribution in [0.15, 0.2) is 58.6 Å². The maximum absolute atomic E-state index is 13.3. The van der Waals surface area contributed by atoms with Gasteiger partial charge in [0, 0.05) is 17.3 Å². The second-order valence-corrected chi connectivity index (χ2v) is 8.95. The van der Waals surface area contributed by atoms with E-state index in [1.54, 1.807) is 25.1 Å². The first kappa shape index (κ1) is 24.1. The van der Waals surface area contributed by atoms with Gasteiger partial charge < -0.3 is 24.8 Å². The van der Waals surface area contributed by atoms with Crippen molar-refractivity contribution in [2.75, 3.05) is 26.6 Å². The highest BCUT2D eigenvalue weighted by Crippen LogP contribution is 2.36. The van der Waals surface area contributed by atoms with E-state index in [0.717, 1.165) is 24.3 Å². The Hall–Kier alpha value is -3.60. The van der Waals surface area contributed by atoms with Gasteiger partial charge in [-0.2, -0.15) is 0 Å². The van der Waals surface area contributed by atoms with Gasteiger partial charge in [0.15, 0.2) is 9.84 Å². The van der Waals surface area contributed by atoms with Crippen molar-refractivity contribution in [3.05, 3.63) is 65.1 Å². The summed E-state index contributed by atoms with van der Waals surface area (Å²) < 4.78 is 54.9. The minimum atomic E-state index is -4.04. The molecule has 2 aromatic rings. The van der Waals surface area contributed by atoms with Crippen LogP contribution in [0, 0.1) is 5.82 Å². The number of methoxy groups -OCH3 is 2. The molecule has 9 nitrogen and oxygen atoms in total. The Bertz CT molecular complexity index is 1190. The fourth-order valence-corrected chi connectivity index (χ4v) is 4.71. The van der Waals surface area contributed by atoms with Crippen molar-refractivity contribution in [2.24, 2.45) is 0 Å². The van der Waals surface area contributed by atoms with E-state index in [2.05, 4.69) is 10.6 Å². The summed E-state index contributed by atoms with van der Waals surface area (Å²) in [6.45, 7) is 1.63. The molecule has 2 amide bonds. The van der Waals surface area contributed by atoms with Crippen LogP contribution in [0.2, 0.25) is 0 Å². The van der Waals surface area contributed by atoms with Crippen molar-refractivity contribution in [1.29, 1.82) is 0 Å². The Labute approximate surface area is 190 Å². The number of carbonyl (C=O) groups is 2. The summed E-state index contributed by atoms with van der Waals surface area (Å²) in [6, 6.07) is 7.26. The molecular formula is C22H23FN2O7S. The summed E-state index contributed by atoms with van der Waals surface area (Å²) in [5, 5.41) is 5.04. The highest BCUT2D eigenvalue weighted by molar-refractivity contribution is 7.91. The first-order valence-electron chi connectivity index (χ1n) is 9.88. The molecule has 3 rings (SSSR count). The van der Waals surface area contributed by atoms with Crippen LogP contribution in [0.5, 0.6) is 11.5 Å². The largest absolute Gasteiger partial charge is 0.497 e. The Balaban J connectivity index is 2.14. The summed E-state index contributed by atoms with van der Waals surface area (Å²) in [4.78, 5) is 25.2. The number of sulfone groups is 1. The molecule has 1 aliphatic rings. The molecule has 0 saturated carbocycles. The Morgan fingerprint density at radius 2 is 1.79 bits per heavy atom. The molecule has 2 N–H and O–H groups in total. The quantitative estimate of drug-likeness (QED) is 0.442. The zero-order valence-electron chi connectivity index (χ0n) is 18.2. The van der Waals surface area contributed by atoms with E-state index < -0.39 is 39.4 Å². The lowest BCUT2D eigenvalue weighted by Gasteiger charge is -2.30. The standard InChI is InChI=1S/C22H23FN2O7S/c1-4-32-21(26)19-17(12-33(28,29)15-8-5-13(23)6-9-15)24-22(27)25-20(19)16-10-7-14(30-2)11-18(16)31-3/h5-11,20H,4,12H2,1-3H3,(H2,24,25,27). The molecule has 0 spiro atoms. The molecule has 1 unspecified atom stereocenters. The topological polar surface area (TPSA) is 120 Å². The smallest absolute Gasteiger partial charge is 0.338 e. The van der Waals surface area contributed by atoms with Crippen LogP contribution in [-0.4, -0.2) is 47.0 Å². The molecule has 176 valence electrons. The lowest BCUT2D eigenvalue weighted by molar-refractivity contribution is -0.139. The van der Waals surface area contributed by atoms with Gasteiger partial charge in [-0.3, -0.25) is 0 Å². The van der Waals surface area contributed by atoms with Gasteiger partial charge >= 0.3 is 12.0 Å². The van der Waals surface area contributed by atoms with Gasteiger partial charge in [-0.05, 0) is 43.3 Å². The van der Waals surface area contributed by atoms with Gasteiger partial charge in [0.05, 0.1) is 43.1 Å². The molecule has 0 aromatic heterocycles. The molecule has 0 radical (unpaired) electrons. The first-order chi connectivity index (χ1) is 15.7. The number of carbonyl (C=O) groups excluding carboxylic acids is 2. The third kappa shape index (κ3) is 5.25. The number of rotatable bonds is 8. The second kappa shape index (κ2) is 9.90. The minimum absolute atomic E-state index is 0.0285. The molecule has 0 aliphatic carbocycles. The Morgan fingerprint density at radius 3 is 2.39 bits per heavy atom. The van der Waals surface area contributed by atoms with Crippen LogP contribution < -0.4 is 20.1 Å². The number of esters is 1. The predicted molar refractivity (Wildman–Crippen MR) is 116 cm³/mol. The normalized spacial score (nSPS) is 16.0. The fraction of sp³-hybridized carbons (Fsp3) is 0.273. The van der Waals surface area contributed by atoms with Gasteiger partial charge in [0.25, 0.3) is 0 Å². The number of ether oxygens (including phenoxy) is 3. The van der Waals surface area contributed by atoms with Crippen LogP contribution in [0.1, 0.15) is 18.5 Å². The maximum atomic E-state index is 13.3. The van der Waals surface area contributed by atoms with Gasteiger partial charge in [0.1, 0.15) is 17.3 Å². The van der Waals surface area contributed by atoms with E-state index >= 15 is 0 Å². The zero-order valence-corrected chi connectivity index (χ0v) is 19.0. The van der Waals surface area contributed by atoms with Crippen molar-refractivity contribution in [3.63, 3.8) is 0 Å². The van der Waals surface area contributed by atoms with Crippen LogP contribution in [0.3, 0.4) is 0 Å². The lowest BCUT2D eigenvalue weighted by atomic mass is 9.94. The first-order valence-corrected chi connectivity index (χ1v) is 11.5. The van der Waals surface area contributed by atoms with Crippen LogP contribution in [-0.2, 0) is 19.4 Å². The van der Waals surface area contributed by atoms with Crippen LogP contribution in [0.25, 0.3) is 0 Å². The molecule has 0 saturated heterocycles. The van der Waals surface area contributed by atoms with E-state index in [0.29, 0.717) is 17.1 Å². The summed E-state index contributed by atoms with van der Waals surface area (Å²) >= 11 is 0. The number of hydrogen-bond donors (Lipinski definition) is 2. The number of amides is 2. The average Bonchev–Trinajstić information content (AvgIpc) is 2.78. The van der Waals surface area contributed by atoms with E-state index in [-0.39, 0.29) is 22.8 Å². The van der Waals surface area contributed by atoms with Crippen LogP contribution >= 0.6 is 0 Å². The number of benzene rings is 2. The Morgan fingerprint density at radius 1 is 1.09 bits per heavy atom. The molecule has 0 fully saturated rings. The highest BCUT2D eigenvalue weighted by Gasteiger charge is 2.37. The second-order valence-electron chi connectivity index (χ2n) is 6.97. The van der Waals surface area contributed by atoms with Crippen molar-refractivity contribution >= 4 is 21.8 Å². The van der Waals surface area contributed by atoms with Crippen molar-refractivity contribution < 1.29 is 36.6 Å². The number of nitrogens with one attached hydrogen (secondary N) is 2. The zero-order chi connectivity index (χ0) is 24.2. The maximum Gasteiger partial charge on any atom is 0.338 e. The number of halogens is 1. The minimum Gasteiger partial charge on any atom is -0.497 e. The Kier molecular flexibility index (Phi) is 7.22. The molecule has 1 atom stereocenters. The molecule has 0 bridgehead atoms. The third-order valence-electron chi connectivity index (χ3n) is 4.91. The van der Waals surface area contributed by atoms with Crippen molar-refractivity contribution in [2.45, 2.75) is 17.9 Å². The summed E-state index contributed by atoms with van der Waals surface area (Å²) in [5.74, 6) is -1.32. The van der Waals surface area contributed by atoms with Crippen LogP contribution in [0.4, 0.5) is 9.18 Å². The summed E-state index contributed by atoms with van der Waals surface area (Å²) in [6.07, 6.45) is 0. The highest BCUT2D eigenvalue weighted by atomic mass is 32.2. The molecule has 1 heterocycles. The number of urea groups is 1. The summed E-state index contributed by atoms with van der Waals surface area (Å²) in [5.41, 5.74) is 0.155. The van der Waals surface area contributed by atoms with E-state index in [1.807, 2.05) is 0 Å². The average molecular weight is 478 g/mol. The van der Waals surface area contributed by atoms with E-state index in [4.69, 9.17) is 14.2 Å². The molecule has 11 heteroatoms. The molecule has 33 heavy (non-hydrogen) atoms. The van der Waals surface area contributed by atoms with Gasteiger partial charge in [-0.1, -0.05) is 0 Å². The molecule has 1 aliphatic heterocycles. The van der Waals surface area contributed by atoms with Crippen molar-refractivity contribution in [3.8, 4) is 11.5 Å². The van der Waals surface area contributed by atoms with E-state index in [9.17, 15) is 22.4 Å².